The van der Waals surface area contributed by atoms with Crippen LogP contribution in [0, 0.1) is 6.92 Å². The van der Waals surface area contributed by atoms with Gasteiger partial charge in [0.05, 0.1) is 6.54 Å². The summed E-state index contributed by atoms with van der Waals surface area (Å²) in [4.78, 5) is 27.4. The molecule has 1 aromatic carbocycles. The maximum Gasteiger partial charge on any atom is 0.223 e. The summed E-state index contributed by atoms with van der Waals surface area (Å²) < 4.78 is 0. The molecule has 1 heterocycles. The Morgan fingerprint density at radius 2 is 1.79 bits per heavy atom. The molecule has 0 N–H and O–H groups in total. The average molecular weight is 343 g/mol. The van der Waals surface area contributed by atoms with Crippen molar-refractivity contribution >= 4 is 23.0 Å². The number of nitrogens with zero attached hydrogens (tertiary/aromatic N) is 1. The number of aryl methyl sites for hydroxylation is 2. The second-order valence-corrected chi connectivity index (χ2v) is 7.15. The smallest absolute Gasteiger partial charge is 0.223 e. The molecule has 0 radical (unpaired) electrons. The van der Waals surface area contributed by atoms with Crippen LogP contribution in [0.4, 0.5) is 0 Å². The molecule has 128 valence electrons. The normalized spacial score (nSPS) is 10.6. The van der Waals surface area contributed by atoms with Gasteiger partial charge < -0.3 is 4.90 Å². The van der Waals surface area contributed by atoms with Crippen molar-refractivity contribution < 1.29 is 9.59 Å². The lowest BCUT2D eigenvalue weighted by atomic mass is 10.0. The minimum atomic E-state index is 0.0127. The van der Waals surface area contributed by atoms with E-state index in [1.165, 1.54) is 16.0 Å². The highest BCUT2D eigenvalue weighted by atomic mass is 32.1. The van der Waals surface area contributed by atoms with E-state index >= 15 is 0 Å². The van der Waals surface area contributed by atoms with Crippen LogP contribution in [0.1, 0.15) is 52.5 Å². The number of thiophene rings is 1. The molecular formula is C20H25NO2S. The number of carbonyl (C=O) groups is 2. The topological polar surface area (TPSA) is 37.4 Å². The highest BCUT2D eigenvalue weighted by molar-refractivity contribution is 7.10. The average Bonchev–Trinajstić information content (AvgIpc) is 2.98. The fraction of sp³-hybridized carbons (Fsp3) is 0.400. The molecular weight excluding hydrogens is 318 g/mol. The Morgan fingerprint density at radius 3 is 2.38 bits per heavy atom. The fourth-order valence-corrected chi connectivity index (χ4v) is 3.53. The van der Waals surface area contributed by atoms with Crippen molar-refractivity contribution in [3.8, 4) is 0 Å². The van der Waals surface area contributed by atoms with Gasteiger partial charge in [-0.25, -0.2) is 0 Å². The standard InChI is InChI=1S/C20H25NO2S/c1-4-5-16-6-8-17(9-7-16)18(22)10-11-20(23)21(3)14-19-15(2)12-13-24-19/h6-9,12-13H,4-5,10-11,14H2,1-3H3. The number of carbonyl (C=O) groups excluding carboxylic acids is 2. The third kappa shape index (κ3) is 5.03. The Kier molecular flexibility index (Phi) is 6.73. The number of amides is 1. The van der Waals surface area contributed by atoms with E-state index in [0.717, 1.165) is 12.8 Å². The molecule has 0 bridgehead atoms. The highest BCUT2D eigenvalue weighted by Gasteiger charge is 2.14. The van der Waals surface area contributed by atoms with Gasteiger partial charge in [0.25, 0.3) is 0 Å². The van der Waals surface area contributed by atoms with Crippen molar-refractivity contribution in [1.82, 2.24) is 4.90 Å². The van der Waals surface area contributed by atoms with Crippen LogP contribution in [-0.2, 0) is 17.8 Å². The number of hydrogen-bond donors (Lipinski definition) is 0. The summed E-state index contributed by atoms with van der Waals surface area (Å²) in [5, 5.41) is 2.04. The number of rotatable bonds is 8. The summed E-state index contributed by atoms with van der Waals surface area (Å²) in [5.41, 5.74) is 3.15. The van der Waals surface area contributed by atoms with E-state index in [4.69, 9.17) is 0 Å². The molecule has 0 aliphatic rings. The van der Waals surface area contributed by atoms with Crippen molar-refractivity contribution in [1.29, 1.82) is 0 Å². The molecule has 0 aliphatic carbocycles. The zero-order valence-corrected chi connectivity index (χ0v) is 15.5. The molecule has 0 aliphatic heterocycles. The van der Waals surface area contributed by atoms with Crippen LogP contribution in [-0.4, -0.2) is 23.6 Å². The van der Waals surface area contributed by atoms with Crippen LogP contribution >= 0.6 is 11.3 Å². The Hall–Kier alpha value is -1.94. The third-order valence-electron chi connectivity index (χ3n) is 4.16. The molecule has 0 spiro atoms. The van der Waals surface area contributed by atoms with Gasteiger partial charge in [-0.1, -0.05) is 37.6 Å². The zero-order valence-electron chi connectivity index (χ0n) is 14.7. The van der Waals surface area contributed by atoms with Crippen LogP contribution in [0.5, 0.6) is 0 Å². The van der Waals surface area contributed by atoms with Gasteiger partial charge in [-0.05, 0) is 35.9 Å². The Balaban J connectivity index is 1.84. The first kappa shape index (κ1) is 18.4. The first-order valence-electron chi connectivity index (χ1n) is 8.40. The van der Waals surface area contributed by atoms with Gasteiger partial charge in [-0.3, -0.25) is 9.59 Å². The molecule has 0 unspecified atom stereocenters. The van der Waals surface area contributed by atoms with Crippen molar-refractivity contribution in [3.63, 3.8) is 0 Å². The fourth-order valence-electron chi connectivity index (χ4n) is 2.57. The minimum Gasteiger partial charge on any atom is -0.341 e. The minimum absolute atomic E-state index is 0.0127. The number of ketones is 1. The molecule has 3 nitrogen and oxygen atoms in total. The second-order valence-electron chi connectivity index (χ2n) is 6.15. The van der Waals surface area contributed by atoms with Crippen LogP contribution in [0.15, 0.2) is 35.7 Å². The molecule has 1 amide bonds. The number of hydrogen-bond acceptors (Lipinski definition) is 3. The summed E-state index contributed by atoms with van der Waals surface area (Å²) in [6.07, 6.45) is 2.65. The lowest BCUT2D eigenvalue weighted by molar-refractivity contribution is -0.130. The summed E-state index contributed by atoms with van der Waals surface area (Å²) in [6, 6.07) is 9.81. The van der Waals surface area contributed by atoms with Gasteiger partial charge in [0.15, 0.2) is 5.78 Å². The third-order valence-corrected chi connectivity index (χ3v) is 5.16. The van der Waals surface area contributed by atoms with Crippen molar-refractivity contribution in [2.24, 2.45) is 0 Å². The molecule has 0 saturated heterocycles. The second kappa shape index (κ2) is 8.78. The van der Waals surface area contributed by atoms with E-state index in [9.17, 15) is 9.59 Å². The van der Waals surface area contributed by atoms with Crippen LogP contribution in [0.2, 0.25) is 0 Å². The van der Waals surface area contributed by atoms with Gasteiger partial charge in [-0.15, -0.1) is 11.3 Å². The molecule has 0 fully saturated rings. The van der Waals surface area contributed by atoms with Crippen molar-refractivity contribution in [3.05, 3.63) is 57.3 Å². The maximum absolute atomic E-state index is 12.2. The quantitative estimate of drug-likeness (QED) is 0.655. The first-order valence-corrected chi connectivity index (χ1v) is 9.28. The van der Waals surface area contributed by atoms with Crippen LogP contribution in [0.25, 0.3) is 0 Å². The maximum atomic E-state index is 12.2. The Morgan fingerprint density at radius 1 is 1.08 bits per heavy atom. The Labute approximate surface area is 148 Å². The summed E-state index contributed by atoms with van der Waals surface area (Å²) in [5.74, 6) is 0.0471. The molecule has 2 rings (SSSR count). The number of benzene rings is 1. The summed E-state index contributed by atoms with van der Waals surface area (Å²) in [7, 11) is 1.80. The van der Waals surface area contributed by atoms with Crippen molar-refractivity contribution in [2.45, 2.75) is 46.1 Å². The largest absolute Gasteiger partial charge is 0.341 e. The van der Waals surface area contributed by atoms with Gasteiger partial charge in [0.2, 0.25) is 5.91 Å². The molecule has 1 aromatic heterocycles. The molecule has 2 aromatic rings. The van der Waals surface area contributed by atoms with Crippen LogP contribution in [0.3, 0.4) is 0 Å². The monoisotopic (exact) mass is 343 g/mol. The van der Waals surface area contributed by atoms with E-state index in [-0.39, 0.29) is 24.5 Å². The van der Waals surface area contributed by atoms with Crippen molar-refractivity contribution in [2.75, 3.05) is 7.05 Å². The SMILES string of the molecule is CCCc1ccc(C(=O)CCC(=O)N(C)Cc2sccc2C)cc1. The number of Topliss-reactive ketones (excluding diaryl/α,β-unsaturated/α-hetero) is 1. The van der Waals surface area contributed by atoms with E-state index < -0.39 is 0 Å². The van der Waals surface area contributed by atoms with E-state index in [1.54, 1.807) is 23.3 Å². The van der Waals surface area contributed by atoms with E-state index in [0.29, 0.717) is 12.1 Å². The highest BCUT2D eigenvalue weighted by Crippen LogP contribution is 2.18. The Bertz CT molecular complexity index is 688. The lowest BCUT2D eigenvalue weighted by Crippen LogP contribution is -2.26. The summed E-state index contributed by atoms with van der Waals surface area (Å²) >= 11 is 1.66. The van der Waals surface area contributed by atoms with Crippen LogP contribution < -0.4 is 0 Å². The van der Waals surface area contributed by atoms with Gasteiger partial charge >= 0.3 is 0 Å². The first-order chi connectivity index (χ1) is 11.5. The lowest BCUT2D eigenvalue weighted by Gasteiger charge is -2.16. The molecule has 0 atom stereocenters. The molecule has 24 heavy (non-hydrogen) atoms. The van der Waals surface area contributed by atoms with Gasteiger partial charge in [0, 0.05) is 30.3 Å². The van der Waals surface area contributed by atoms with Gasteiger partial charge in [0.1, 0.15) is 0 Å². The predicted octanol–water partition coefficient (Wildman–Crippen LogP) is 4.63. The zero-order chi connectivity index (χ0) is 17.5. The predicted molar refractivity (Wildman–Crippen MR) is 99.5 cm³/mol. The molecule has 4 heteroatoms. The molecule has 0 saturated carbocycles. The van der Waals surface area contributed by atoms with E-state index in [2.05, 4.69) is 19.9 Å². The summed E-state index contributed by atoms with van der Waals surface area (Å²) in [6.45, 7) is 4.80. The van der Waals surface area contributed by atoms with Gasteiger partial charge in [-0.2, -0.15) is 0 Å². The van der Waals surface area contributed by atoms with E-state index in [1.807, 2.05) is 29.6 Å².